The molecule has 1 unspecified atom stereocenters. The summed E-state index contributed by atoms with van der Waals surface area (Å²) in [6.45, 7) is 4.64. The summed E-state index contributed by atoms with van der Waals surface area (Å²) in [5.41, 5.74) is -1.07. The molecule has 1 fully saturated rings. The van der Waals surface area contributed by atoms with E-state index in [1.807, 2.05) is 0 Å². The Balaban J connectivity index is 1.85. The topological polar surface area (TPSA) is 49.3 Å². The first-order valence-electron chi connectivity index (χ1n) is 9.47. The van der Waals surface area contributed by atoms with Crippen LogP contribution < -0.4 is 4.90 Å². The van der Waals surface area contributed by atoms with E-state index in [9.17, 15) is 22.4 Å². The quantitative estimate of drug-likeness (QED) is 0.503. The van der Waals surface area contributed by atoms with Crippen molar-refractivity contribution in [3.8, 4) is 0 Å². The lowest BCUT2D eigenvalue weighted by atomic mass is 9.94. The molecule has 1 atom stereocenters. The standard InChI is InChI=1S/C21H17ClF4N4O/c1-2-16(31)29-6-8-30(9-7-29)20-17-15(27-11-28-20)10-13(12-4-3-5-14(12)23)19(22)18(17)21(24,25)26/h2-5,10-12H,1,6-9H2. The van der Waals surface area contributed by atoms with Gasteiger partial charge in [0.25, 0.3) is 0 Å². The van der Waals surface area contributed by atoms with Gasteiger partial charge in [-0.25, -0.2) is 14.4 Å². The lowest BCUT2D eigenvalue weighted by Crippen LogP contribution is -2.48. The molecule has 1 aromatic carbocycles. The molecule has 162 valence electrons. The Kier molecular flexibility index (Phi) is 5.47. The molecule has 4 rings (SSSR count). The van der Waals surface area contributed by atoms with Crippen LogP contribution in [0.25, 0.3) is 10.9 Å². The third-order valence-electron chi connectivity index (χ3n) is 5.41. The average Bonchev–Trinajstić information content (AvgIpc) is 3.17. The average molecular weight is 453 g/mol. The highest BCUT2D eigenvalue weighted by molar-refractivity contribution is 6.33. The number of alkyl halides is 3. The van der Waals surface area contributed by atoms with Gasteiger partial charge in [-0.15, -0.1) is 0 Å². The van der Waals surface area contributed by atoms with Crippen LogP contribution in [0, 0.1) is 0 Å². The summed E-state index contributed by atoms with van der Waals surface area (Å²) in [6.07, 6.45) is 1.63. The number of piperazine rings is 1. The molecule has 2 heterocycles. The van der Waals surface area contributed by atoms with Gasteiger partial charge in [0, 0.05) is 26.2 Å². The largest absolute Gasteiger partial charge is 0.418 e. The van der Waals surface area contributed by atoms with Crippen LogP contribution in [0.2, 0.25) is 5.02 Å². The second-order valence-electron chi connectivity index (χ2n) is 7.17. The number of carbonyl (C=O) groups excluding carboxylic acids is 1. The van der Waals surface area contributed by atoms with Gasteiger partial charge in [0.1, 0.15) is 18.0 Å². The number of anilines is 1. The first kappa shape index (κ1) is 21.3. The van der Waals surface area contributed by atoms with Crippen LogP contribution in [-0.4, -0.2) is 47.0 Å². The second kappa shape index (κ2) is 7.96. The van der Waals surface area contributed by atoms with Crippen LogP contribution in [0.4, 0.5) is 23.4 Å². The first-order chi connectivity index (χ1) is 14.7. The minimum atomic E-state index is -4.81. The third kappa shape index (κ3) is 3.78. The smallest absolute Gasteiger partial charge is 0.352 e. The number of fused-ring (bicyclic) bond motifs is 1. The van der Waals surface area contributed by atoms with Gasteiger partial charge >= 0.3 is 6.18 Å². The van der Waals surface area contributed by atoms with Gasteiger partial charge < -0.3 is 9.80 Å². The van der Waals surface area contributed by atoms with E-state index in [-0.39, 0.29) is 41.3 Å². The van der Waals surface area contributed by atoms with E-state index in [0.29, 0.717) is 13.1 Å². The highest BCUT2D eigenvalue weighted by Crippen LogP contribution is 2.47. The molecule has 1 amide bonds. The van der Waals surface area contributed by atoms with Crippen molar-refractivity contribution in [2.24, 2.45) is 0 Å². The molecule has 1 aliphatic heterocycles. The molecule has 1 saturated heterocycles. The maximum absolute atomic E-state index is 14.2. The van der Waals surface area contributed by atoms with E-state index in [1.54, 1.807) is 9.80 Å². The molecule has 0 bridgehead atoms. The number of hydrogen-bond acceptors (Lipinski definition) is 4. The highest BCUT2D eigenvalue weighted by atomic mass is 35.5. The molecule has 2 aliphatic rings. The van der Waals surface area contributed by atoms with Crippen LogP contribution >= 0.6 is 11.6 Å². The van der Waals surface area contributed by atoms with Crippen molar-refractivity contribution in [3.63, 3.8) is 0 Å². The predicted octanol–water partition coefficient (Wildman–Crippen LogP) is 4.64. The van der Waals surface area contributed by atoms with Crippen LogP contribution in [-0.2, 0) is 11.0 Å². The number of hydrogen-bond donors (Lipinski definition) is 0. The SMILES string of the molecule is C=CC(=O)N1CCN(c2ncnc3cc(C4C=CC=C4F)c(Cl)c(C(F)(F)F)c23)CC1. The molecule has 0 N–H and O–H groups in total. The van der Waals surface area contributed by atoms with E-state index < -0.39 is 28.5 Å². The molecule has 0 saturated carbocycles. The number of rotatable bonds is 3. The van der Waals surface area contributed by atoms with Crippen molar-refractivity contribution < 1.29 is 22.4 Å². The van der Waals surface area contributed by atoms with Crippen molar-refractivity contribution >= 4 is 34.2 Å². The molecular formula is C21H17ClF4N4O. The fourth-order valence-electron chi connectivity index (χ4n) is 3.91. The number of carbonyl (C=O) groups is 1. The molecule has 5 nitrogen and oxygen atoms in total. The molecular weight excluding hydrogens is 436 g/mol. The molecule has 1 aliphatic carbocycles. The van der Waals surface area contributed by atoms with Gasteiger partial charge in [0.15, 0.2) is 0 Å². The Labute approximate surface area is 180 Å². The van der Waals surface area contributed by atoms with Crippen LogP contribution in [0.15, 0.2) is 49.1 Å². The van der Waals surface area contributed by atoms with Crippen molar-refractivity contribution in [3.05, 3.63) is 65.3 Å². The maximum Gasteiger partial charge on any atom is 0.418 e. The van der Waals surface area contributed by atoms with E-state index in [1.165, 1.54) is 36.7 Å². The van der Waals surface area contributed by atoms with Crippen molar-refractivity contribution in [2.75, 3.05) is 31.1 Å². The molecule has 2 aromatic rings. The van der Waals surface area contributed by atoms with Crippen molar-refractivity contribution in [1.29, 1.82) is 0 Å². The fraction of sp³-hybridized carbons (Fsp3) is 0.286. The summed E-state index contributed by atoms with van der Waals surface area (Å²) < 4.78 is 56.6. The first-order valence-corrected chi connectivity index (χ1v) is 9.84. The summed E-state index contributed by atoms with van der Waals surface area (Å²) in [5.74, 6) is -1.75. The van der Waals surface area contributed by atoms with Gasteiger partial charge in [0.2, 0.25) is 5.91 Å². The van der Waals surface area contributed by atoms with E-state index in [2.05, 4.69) is 16.5 Å². The second-order valence-corrected chi connectivity index (χ2v) is 7.55. The number of allylic oxidation sites excluding steroid dienone is 4. The molecule has 10 heteroatoms. The summed E-state index contributed by atoms with van der Waals surface area (Å²) >= 11 is 6.23. The maximum atomic E-state index is 14.2. The van der Waals surface area contributed by atoms with Gasteiger partial charge in [-0.3, -0.25) is 4.79 Å². The summed E-state index contributed by atoms with van der Waals surface area (Å²) in [6, 6.07) is 1.38. The lowest BCUT2D eigenvalue weighted by Gasteiger charge is -2.35. The van der Waals surface area contributed by atoms with Gasteiger partial charge in [-0.05, 0) is 23.8 Å². The Hall–Kier alpha value is -2.94. The Morgan fingerprint density at radius 2 is 1.94 bits per heavy atom. The zero-order chi connectivity index (χ0) is 22.3. The van der Waals surface area contributed by atoms with E-state index in [4.69, 9.17) is 11.6 Å². The van der Waals surface area contributed by atoms with Crippen LogP contribution in [0.1, 0.15) is 17.0 Å². The van der Waals surface area contributed by atoms with Crippen LogP contribution in [0.5, 0.6) is 0 Å². The zero-order valence-corrected chi connectivity index (χ0v) is 16.9. The van der Waals surface area contributed by atoms with Crippen molar-refractivity contribution in [2.45, 2.75) is 12.1 Å². The number of nitrogens with zero attached hydrogens (tertiary/aromatic N) is 4. The molecule has 0 radical (unpaired) electrons. The minimum Gasteiger partial charge on any atom is -0.352 e. The molecule has 1 aromatic heterocycles. The van der Waals surface area contributed by atoms with E-state index in [0.717, 1.165) is 0 Å². The van der Waals surface area contributed by atoms with Gasteiger partial charge in [-0.1, -0.05) is 30.3 Å². The molecule has 31 heavy (non-hydrogen) atoms. The van der Waals surface area contributed by atoms with E-state index >= 15 is 0 Å². The Morgan fingerprint density at radius 3 is 2.52 bits per heavy atom. The van der Waals surface area contributed by atoms with Gasteiger partial charge in [-0.2, -0.15) is 13.2 Å². The van der Waals surface area contributed by atoms with Crippen LogP contribution in [0.3, 0.4) is 0 Å². The number of amides is 1. The number of halogens is 5. The predicted molar refractivity (Wildman–Crippen MR) is 110 cm³/mol. The number of aromatic nitrogens is 2. The minimum absolute atomic E-state index is 0.00459. The number of benzene rings is 1. The summed E-state index contributed by atoms with van der Waals surface area (Å²) in [4.78, 5) is 23.2. The Morgan fingerprint density at radius 1 is 1.23 bits per heavy atom. The Bertz CT molecular complexity index is 1120. The highest BCUT2D eigenvalue weighted by Gasteiger charge is 2.40. The third-order valence-corrected chi connectivity index (χ3v) is 5.82. The normalized spacial score (nSPS) is 19.1. The molecule has 0 spiro atoms. The van der Waals surface area contributed by atoms with Gasteiger partial charge in [0.05, 0.1) is 27.4 Å². The summed E-state index contributed by atoms with van der Waals surface area (Å²) in [7, 11) is 0. The fourth-order valence-corrected chi connectivity index (χ4v) is 4.28. The van der Waals surface area contributed by atoms with Crippen molar-refractivity contribution in [1.82, 2.24) is 14.9 Å². The monoisotopic (exact) mass is 452 g/mol. The zero-order valence-electron chi connectivity index (χ0n) is 16.2. The lowest BCUT2D eigenvalue weighted by molar-refractivity contribution is -0.136. The summed E-state index contributed by atoms with van der Waals surface area (Å²) in [5, 5.41) is -0.810.